The Bertz CT molecular complexity index is 272. The van der Waals surface area contributed by atoms with Crippen LogP contribution < -0.4 is 5.32 Å². The Morgan fingerprint density at radius 3 is 2.93 bits per heavy atom. The number of hydrogen-bond acceptors (Lipinski definition) is 3. The number of rotatable bonds is 7. The molecule has 1 aromatic heterocycles. The molecule has 2 nitrogen and oxygen atoms in total. The summed E-state index contributed by atoms with van der Waals surface area (Å²) in [5.74, 6) is 3.24. The quantitative estimate of drug-likeness (QED) is 0.774. The fourth-order valence-corrected chi connectivity index (χ4v) is 2.40. The molecule has 0 aliphatic rings. The molecule has 1 unspecified atom stereocenters. The maximum Gasteiger partial charge on any atom is 0.116 e. The molecular formula is C12H21NOS. The summed E-state index contributed by atoms with van der Waals surface area (Å²) in [5.41, 5.74) is 1.26. The van der Waals surface area contributed by atoms with Crippen LogP contribution in [0.5, 0.6) is 0 Å². The van der Waals surface area contributed by atoms with Gasteiger partial charge in [0.05, 0.1) is 12.0 Å². The van der Waals surface area contributed by atoms with Gasteiger partial charge in [-0.3, -0.25) is 0 Å². The first kappa shape index (κ1) is 12.7. The van der Waals surface area contributed by atoms with Crippen molar-refractivity contribution >= 4 is 11.8 Å². The minimum absolute atomic E-state index is 0.588. The first-order valence-electron chi connectivity index (χ1n) is 5.58. The van der Waals surface area contributed by atoms with E-state index in [1.54, 1.807) is 6.26 Å². The summed E-state index contributed by atoms with van der Waals surface area (Å²) < 4.78 is 5.39. The number of hydrogen-bond donors (Lipinski definition) is 1. The summed E-state index contributed by atoms with van der Waals surface area (Å²) in [6.45, 7) is 7.64. The molecule has 1 rings (SSSR count). The highest BCUT2D eigenvalue weighted by molar-refractivity contribution is 7.98. The molecule has 0 bridgehead atoms. The molecule has 1 heterocycles. The molecule has 0 aliphatic heterocycles. The third-order valence-corrected chi connectivity index (χ3v) is 3.51. The monoisotopic (exact) mass is 227 g/mol. The van der Waals surface area contributed by atoms with Gasteiger partial charge < -0.3 is 9.73 Å². The summed E-state index contributed by atoms with van der Waals surface area (Å²) in [6, 6.07) is 2.61. The third kappa shape index (κ3) is 4.76. The second-order valence-corrected chi connectivity index (χ2v) is 4.93. The maximum atomic E-state index is 5.39. The lowest BCUT2D eigenvalue weighted by molar-refractivity contribution is 0.527. The highest BCUT2D eigenvalue weighted by Crippen LogP contribution is 2.17. The molecule has 0 saturated carbocycles. The van der Waals surface area contributed by atoms with Crippen LogP contribution >= 0.6 is 11.8 Å². The normalized spacial score (nSPS) is 13.0. The Kier molecular flexibility index (Phi) is 5.88. The number of thioether (sulfide) groups is 1. The zero-order valence-electron chi connectivity index (χ0n) is 9.88. The number of aryl methyl sites for hydroxylation is 1. The van der Waals surface area contributed by atoms with Crippen LogP contribution in [0.3, 0.4) is 0 Å². The van der Waals surface area contributed by atoms with Crippen LogP contribution in [0.25, 0.3) is 0 Å². The van der Waals surface area contributed by atoms with Gasteiger partial charge in [0.25, 0.3) is 0 Å². The molecule has 0 radical (unpaired) electrons. The highest BCUT2D eigenvalue weighted by atomic mass is 32.2. The van der Waals surface area contributed by atoms with Gasteiger partial charge in [-0.05, 0) is 38.4 Å². The third-order valence-electron chi connectivity index (χ3n) is 2.31. The molecule has 0 amide bonds. The second-order valence-electron chi connectivity index (χ2n) is 3.90. The molecule has 1 N–H and O–H groups in total. The molecule has 86 valence electrons. The molecule has 0 aromatic carbocycles. The van der Waals surface area contributed by atoms with E-state index in [1.807, 2.05) is 17.8 Å². The van der Waals surface area contributed by atoms with Gasteiger partial charge in [0, 0.05) is 11.8 Å². The largest absolute Gasteiger partial charge is 0.468 e. The molecule has 0 aliphatic carbocycles. The Hall–Kier alpha value is -0.410. The van der Waals surface area contributed by atoms with Gasteiger partial charge in [0.1, 0.15) is 5.76 Å². The fraction of sp³-hybridized carbons (Fsp3) is 0.667. The van der Waals surface area contributed by atoms with Gasteiger partial charge in [-0.2, -0.15) is 11.8 Å². The smallest absolute Gasteiger partial charge is 0.116 e. The molecule has 15 heavy (non-hydrogen) atoms. The highest BCUT2D eigenvalue weighted by Gasteiger charge is 2.04. The standard InChI is InChI=1S/C12H21NOS/c1-4-6-13-11(3)8-15-9-12-10(2)5-7-14-12/h5,7,11,13H,4,6,8-9H2,1-3H3. The van der Waals surface area contributed by atoms with E-state index < -0.39 is 0 Å². The van der Waals surface area contributed by atoms with Crippen molar-refractivity contribution in [1.82, 2.24) is 5.32 Å². The fourth-order valence-electron chi connectivity index (χ4n) is 1.33. The van der Waals surface area contributed by atoms with Gasteiger partial charge >= 0.3 is 0 Å². The Morgan fingerprint density at radius 1 is 1.53 bits per heavy atom. The van der Waals surface area contributed by atoms with E-state index in [0.717, 1.165) is 23.8 Å². The summed E-state index contributed by atoms with van der Waals surface area (Å²) >= 11 is 1.93. The lowest BCUT2D eigenvalue weighted by Crippen LogP contribution is -2.28. The van der Waals surface area contributed by atoms with Crippen molar-refractivity contribution in [2.24, 2.45) is 0 Å². The zero-order chi connectivity index (χ0) is 11.1. The summed E-state index contributed by atoms with van der Waals surface area (Å²) in [4.78, 5) is 0. The number of furan rings is 1. The predicted octanol–water partition coefficient (Wildman–Crippen LogP) is 3.21. The molecule has 0 fully saturated rings. The van der Waals surface area contributed by atoms with E-state index in [1.165, 1.54) is 12.0 Å². The molecule has 0 saturated heterocycles. The van der Waals surface area contributed by atoms with Gasteiger partial charge in [-0.1, -0.05) is 6.92 Å². The van der Waals surface area contributed by atoms with E-state index in [0.29, 0.717) is 6.04 Å². The number of nitrogens with one attached hydrogen (secondary N) is 1. The Labute approximate surface area is 96.8 Å². The second kappa shape index (κ2) is 6.96. The molecule has 1 aromatic rings. The Morgan fingerprint density at radius 2 is 2.33 bits per heavy atom. The van der Waals surface area contributed by atoms with Crippen molar-refractivity contribution < 1.29 is 4.42 Å². The topological polar surface area (TPSA) is 25.2 Å². The molecule has 0 spiro atoms. The Balaban J connectivity index is 2.13. The first-order chi connectivity index (χ1) is 7.24. The van der Waals surface area contributed by atoms with Gasteiger partial charge in [0.15, 0.2) is 0 Å². The van der Waals surface area contributed by atoms with E-state index in [-0.39, 0.29) is 0 Å². The van der Waals surface area contributed by atoms with E-state index in [4.69, 9.17) is 4.42 Å². The molecule has 1 atom stereocenters. The van der Waals surface area contributed by atoms with Crippen LogP contribution in [-0.2, 0) is 5.75 Å². The summed E-state index contributed by atoms with van der Waals surface area (Å²) in [5, 5.41) is 3.48. The minimum atomic E-state index is 0.588. The van der Waals surface area contributed by atoms with Crippen molar-refractivity contribution in [3.8, 4) is 0 Å². The predicted molar refractivity (Wildman–Crippen MR) is 67.4 cm³/mol. The van der Waals surface area contributed by atoms with Crippen molar-refractivity contribution in [1.29, 1.82) is 0 Å². The van der Waals surface area contributed by atoms with Crippen LogP contribution in [-0.4, -0.2) is 18.3 Å². The lowest BCUT2D eigenvalue weighted by atomic mass is 10.3. The van der Waals surface area contributed by atoms with Crippen molar-refractivity contribution in [2.45, 2.75) is 39.0 Å². The summed E-state index contributed by atoms with van der Waals surface area (Å²) in [7, 11) is 0. The van der Waals surface area contributed by atoms with Gasteiger partial charge in [0.2, 0.25) is 0 Å². The van der Waals surface area contributed by atoms with Crippen molar-refractivity contribution in [3.63, 3.8) is 0 Å². The van der Waals surface area contributed by atoms with E-state index in [9.17, 15) is 0 Å². The molecular weight excluding hydrogens is 206 g/mol. The van der Waals surface area contributed by atoms with Crippen LogP contribution in [0, 0.1) is 6.92 Å². The van der Waals surface area contributed by atoms with E-state index >= 15 is 0 Å². The lowest BCUT2D eigenvalue weighted by Gasteiger charge is -2.11. The molecule has 3 heteroatoms. The SMILES string of the molecule is CCCNC(C)CSCc1occc1C. The van der Waals surface area contributed by atoms with Crippen LogP contribution in [0.1, 0.15) is 31.6 Å². The summed E-state index contributed by atoms with van der Waals surface area (Å²) in [6.07, 6.45) is 2.97. The average molecular weight is 227 g/mol. The maximum absolute atomic E-state index is 5.39. The van der Waals surface area contributed by atoms with Crippen LogP contribution in [0.4, 0.5) is 0 Å². The van der Waals surface area contributed by atoms with E-state index in [2.05, 4.69) is 26.1 Å². The minimum Gasteiger partial charge on any atom is -0.468 e. The van der Waals surface area contributed by atoms with Gasteiger partial charge in [-0.25, -0.2) is 0 Å². The van der Waals surface area contributed by atoms with Crippen LogP contribution in [0.2, 0.25) is 0 Å². The zero-order valence-corrected chi connectivity index (χ0v) is 10.7. The van der Waals surface area contributed by atoms with Gasteiger partial charge in [-0.15, -0.1) is 0 Å². The first-order valence-corrected chi connectivity index (χ1v) is 6.73. The van der Waals surface area contributed by atoms with Crippen molar-refractivity contribution in [3.05, 3.63) is 23.7 Å². The van der Waals surface area contributed by atoms with Crippen molar-refractivity contribution in [2.75, 3.05) is 12.3 Å². The average Bonchev–Trinajstić information content (AvgIpc) is 2.61. The van der Waals surface area contributed by atoms with Crippen LogP contribution in [0.15, 0.2) is 16.7 Å².